The number of amides is 2. The lowest BCUT2D eigenvalue weighted by molar-refractivity contribution is -0.121. The molecular formula is C16H19N9O2. The van der Waals surface area contributed by atoms with Crippen molar-refractivity contribution < 1.29 is 9.59 Å². The third-order valence-electron chi connectivity index (χ3n) is 3.03. The number of nitrogens with two attached hydrogens (primary N) is 2. The molecule has 2 heterocycles. The molecule has 2 amide bonds. The molecule has 0 atom stereocenters. The van der Waals surface area contributed by atoms with Gasteiger partial charge in [-0.25, -0.2) is 10.9 Å². The van der Waals surface area contributed by atoms with Crippen LogP contribution in [0.3, 0.4) is 0 Å². The number of nitrogens with zero attached hydrogens (tertiary/aromatic N) is 4. The number of carbonyl (C=O) groups is 2. The van der Waals surface area contributed by atoms with Crippen molar-refractivity contribution in [3.8, 4) is 0 Å². The molecule has 0 aliphatic heterocycles. The number of hydrogen-bond acceptors (Lipinski definition) is 7. The molecule has 11 heteroatoms. The van der Waals surface area contributed by atoms with Gasteiger partial charge in [0.2, 0.25) is 0 Å². The summed E-state index contributed by atoms with van der Waals surface area (Å²) in [5, 5.41) is 10.1. The molecule has 0 saturated heterocycles. The molecule has 0 fully saturated rings. The van der Waals surface area contributed by atoms with Crippen LogP contribution in [0, 0.1) is 0 Å². The lowest BCUT2D eigenvalue weighted by Crippen LogP contribution is -2.38. The molecule has 0 aliphatic rings. The van der Waals surface area contributed by atoms with E-state index in [2.05, 4.69) is 36.3 Å². The second kappa shape index (κ2) is 10.2. The van der Waals surface area contributed by atoms with Crippen molar-refractivity contribution in [2.45, 2.75) is 0 Å². The monoisotopic (exact) mass is 369 g/mol. The molecule has 11 nitrogen and oxygen atoms in total. The fourth-order valence-corrected chi connectivity index (χ4v) is 1.76. The Hall–Kier alpha value is -3.86. The Bertz CT molecular complexity index is 753. The van der Waals surface area contributed by atoms with Gasteiger partial charge in [-0.05, 0) is 24.3 Å². The number of rotatable bonds is 8. The average Bonchev–Trinajstić information content (AvgIpc) is 2.71. The molecule has 0 aliphatic carbocycles. The van der Waals surface area contributed by atoms with Crippen molar-refractivity contribution in [1.82, 2.24) is 26.1 Å². The number of amidine groups is 2. The first-order valence-electron chi connectivity index (χ1n) is 7.84. The van der Waals surface area contributed by atoms with Gasteiger partial charge in [0.25, 0.3) is 11.8 Å². The van der Waals surface area contributed by atoms with Gasteiger partial charge in [-0.2, -0.15) is 10.2 Å². The number of nitrogens with one attached hydrogen (secondary N) is 3. The number of aromatic nitrogens is 2. The highest BCUT2D eigenvalue weighted by Crippen LogP contribution is 1.92. The highest BCUT2D eigenvalue weighted by atomic mass is 16.2. The smallest absolute Gasteiger partial charge is 0.254 e. The van der Waals surface area contributed by atoms with Gasteiger partial charge in [0.1, 0.15) is 11.4 Å². The third-order valence-corrected chi connectivity index (χ3v) is 3.03. The van der Waals surface area contributed by atoms with Crippen molar-refractivity contribution in [3.05, 3.63) is 60.2 Å². The molecule has 2 rings (SSSR count). The van der Waals surface area contributed by atoms with E-state index in [-0.39, 0.29) is 24.8 Å². The van der Waals surface area contributed by atoms with E-state index in [9.17, 15) is 9.59 Å². The second-order valence-electron chi connectivity index (χ2n) is 5.10. The summed E-state index contributed by atoms with van der Waals surface area (Å²) in [6.07, 6.45) is 3.12. The highest BCUT2D eigenvalue weighted by Gasteiger charge is 2.05. The summed E-state index contributed by atoms with van der Waals surface area (Å²) in [7, 11) is 0. The Morgan fingerprint density at radius 1 is 0.815 bits per heavy atom. The molecule has 0 radical (unpaired) electrons. The molecule has 140 valence electrons. The van der Waals surface area contributed by atoms with Crippen molar-refractivity contribution >= 4 is 23.5 Å². The zero-order valence-electron chi connectivity index (χ0n) is 14.3. The number of hydrogen-bond donors (Lipinski definition) is 5. The minimum Gasteiger partial charge on any atom is -0.380 e. The van der Waals surface area contributed by atoms with Crippen LogP contribution in [-0.4, -0.2) is 46.5 Å². The zero-order chi connectivity index (χ0) is 19.5. The van der Waals surface area contributed by atoms with Gasteiger partial charge in [-0.1, -0.05) is 12.1 Å². The van der Waals surface area contributed by atoms with Crippen LogP contribution in [-0.2, 0) is 9.59 Å². The van der Waals surface area contributed by atoms with E-state index in [4.69, 9.17) is 11.5 Å². The van der Waals surface area contributed by atoms with Crippen molar-refractivity contribution in [2.75, 3.05) is 13.1 Å². The summed E-state index contributed by atoms with van der Waals surface area (Å²) < 4.78 is 0. The van der Waals surface area contributed by atoms with E-state index in [1.54, 1.807) is 48.8 Å². The normalized spacial score (nSPS) is 11.7. The maximum Gasteiger partial charge on any atom is 0.254 e. The fourth-order valence-electron chi connectivity index (χ4n) is 1.76. The van der Waals surface area contributed by atoms with Crippen LogP contribution in [0.4, 0.5) is 0 Å². The largest absolute Gasteiger partial charge is 0.380 e. The SMILES string of the molecule is N/C(=N\NC(=O)CNCC(=O)N/N=C(\N)c1ccccn1)c1ccccn1. The standard InChI is InChI=1S/C16H19N9O2/c17-15(11-5-1-3-7-20-11)24-22-13(26)9-19-10-14(27)23-25-16(18)12-6-2-4-8-21-12/h1-8,19H,9-10H2,(H2,17,24)(H2,18,25)(H,22,26)(H,23,27). The number of pyridine rings is 2. The lowest BCUT2D eigenvalue weighted by atomic mass is 10.3. The first kappa shape index (κ1) is 19.5. The Morgan fingerprint density at radius 3 is 1.63 bits per heavy atom. The van der Waals surface area contributed by atoms with Gasteiger partial charge in [0.15, 0.2) is 11.7 Å². The van der Waals surface area contributed by atoms with E-state index in [1.807, 2.05) is 0 Å². The summed E-state index contributed by atoms with van der Waals surface area (Å²) in [6.45, 7) is -0.294. The molecule has 27 heavy (non-hydrogen) atoms. The second-order valence-corrected chi connectivity index (χ2v) is 5.10. The van der Waals surface area contributed by atoms with E-state index in [0.717, 1.165) is 0 Å². The maximum atomic E-state index is 11.7. The average molecular weight is 369 g/mol. The summed E-state index contributed by atoms with van der Waals surface area (Å²) in [6, 6.07) is 10.3. The van der Waals surface area contributed by atoms with Gasteiger partial charge in [0, 0.05) is 12.4 Å². The van der Waals surface area contributed by atoms with Crippen LogP contribution >= 0.6 is 0 Å². The predicted octanol–water partition coefficient (Wildman–Crippen LogP) is -1.76. The van der Waals surface area contributed by atoms with Crippen molar-refractivity contribution in [3.63, 3.8) is 0 Å². The van der Waals surface area contributed by atoms with Crippen LogP contribution < -0.4 is 27.6 Å². The van der Waals surface area contributed by atoms with Crippen LogP contribution in [0.25, 0.3) is 0 Å². The van der Waals surface area contributed by atoms with E-state index < -0.39 is 11.8 Å². The Morgan fingerprint density at radius 2 is 1.26 bits per heavy atom. The molecule has 0 unspecified atom stereocenters. The van der Waals surface area contributed by atoms with Gasteiger partial charge in [-0.3, -0.25) is 24.9 Å². The fraction of sp³-hybridized carbons (Fsp3) is 0.125. The van der Waals surface area contributed by atoms with E-state index >= 15 is 0 Å². The molecule has 0 spiro atoms. The number of carbonyl (C=O) groups excluding carboxylic acids is 2. The van der Waals surface area contributed by atoms with Crippen LogP contribution in [0.2, 0.25) is 0 Å². The molecule has 2 aromatic rings. The molecule has 7 N–H and O–H groups in total. The van der Waals surface area contributed by atoms with E-state index in [1.165, 1.54) is 0 Å². The van der Waals surface area contributed by atoms with Gasteiger partial charge >= 0.3 is 0 Å². The molecule has 2 aromatic heterocycles. The van der Waals surface area contributed by atoms with Gasteiger partial charge in [0.05, 0.1) is 13.1 Å². The summed E-state index contributed by atoms with van der Waals surface area (Å²) in [5.74, 6) is -0.807. The Balaban J connectivity index is 1.69. The molecular weight excluding hydrogens is 350 g/mol. The number of hydrazone groups is 2. The Kier molecular flexibility index (Phi) is 7.36. The van der Waals surface area contributed by atoms with Gasteiger partial charge < -0.3 is 11.5 Å². The van der Waals surface area contributed by atoms with Crippen LogP contribution in [0.15, 0.2) is 59.0 Å². The molecule has 0 aromatic carbocycles. The first-order valence-corrected chi connectivity index (χ1v) is 7.84. The minimum absolute atomic E-state index is 0.0704. The quantitative estimate of drug-likeness (QED) is 0.208. The molecule has 0 saturated carbocycles. The minimum atomic E-state index is -0.474. The van der Waals surface area contributed by atoms with Crippen molar-refractivity contribution in [2.24, 2.45) is 21.7 Å². The topological polar surface area (TPSA) is 173 Å². The summed E-state index contributed by atoms with van der Waals surface area (Å²) >= 11 is 0. The van der Waals surface area contributed by atoms with Crippen molar-refractivity contribution in [1.29, 1.82) is 0 Å². The van der Waals surface area contributed by atoms with Crippen LogP contribution in [0.5, 0.6) is 0 Å². The summed E-state index contributed by atoms with van der Waals surface area (Å²) in [4.78, 5) is 31.3. The zero-order valence-corrected chi connectivity index (χ0v) is 14.3. The Labute approximate surface area is 155 Å². The van der Waals surface area contributed by atoms with E-state index in [0.29, 0.717) is 11.4 Å². The van der Waals surface area contributed by atoms with Crippen LogP contribution in [0.1, 0.15) is 11.4 Å². The summed E-state index contributed by atoms with van der Waals surface area (Å²) in [5.41, 5.74) is 16.8. The van der Waals surface area contributed by atoms with Gasteiger partial charge in [-0.15, -0.1) is 0 Å². The lowest BCUT2D eigenvalue weighted by Gasteiger charge is -2.04. The predicted molar refractivity (Wildman–Crippen MR) is 99.1 cm³/mol. The maximum absolute atomic E-state index is 11.7. The third kappa shape index (κ3) is 6.88. The first-order chi connectivity index (χ1) is 13.1. The highest BCUT2D eigenvalue weighted by molar-refractivity contribution is 5.97. The molecule has 0 bridgehead atoms.